The number of benzene rings is 1. The van der Waals surface area contributed by atoms with E-state index in [0.717, 1.165) is 47.6 Å². The molecule has 36 heavy (non-hydrogen) atoms. The van der Waals surface area contributed by atoms with E-state index in [-0.39, 0.29) is 11.9 Å². The van der Waals surface area contributed by atoms with Crippen LogP contribution in [0.4, 0.5) is 4.79 Å². The van der Waals surface area contributed by atoms with Gasteiger partial charge in [0.05, 0.1) is 11.7 Å². The summed E-state index contributed by atoms with van der Waals surface area (Å²) in [5.41, 5.74) is 3.92. The third-order valence-corrected chi connectivity index (χ3v) is 6.81. The molecule has 1 aliphatic carbocycles. The van der Waals surface area contributed by atoms with Crippen molar-refractivity contribution in [1.29, 1.82) is 0 Å². The second kappa shape index (κ2) is 9.56. The predicted octanol–water partition coefficient (Wildman–Crippen LogP) is 5.23. The van der Waals surface area contributed by atoms with E-state index < -0.39 is 17.7 Å². The number of likely N-dealkylation sites (tertiary alicyclic amines) is 1. The highest BCUT2D eigenvalue weighted by atomic mass is 16.6. The van der Waals surface area contributed by atoms with Gasteiger partial charge in [0.25, 0.3) is 0 Å². The van der Waals surface area contributed by atoms with Crippen LogP contribution in [0.5, 0.6) is 0 Å². The number of amides is 2. The first-order chi connectivity index (χ1) is 17.2. The van der Waals surface area contributed by atoms with Crippen molar-refractivity contribution in [2.24, 2.45) is 0 Å². The first-order valence-electron chi connectivity index (χ1n) is 12.9. The molecule has 2 amide bonds. The quantitative estimate of drug-likeness (QED) is 0.530. The highest BCUT2D eigenvalue weighted by Crippen LogP contribution is 2.40. The summed E-state index contributed by atoms with van der Waals surface area (Å²) in [6.07, 6.45) is 4.51. The smallest absolute Gasteiger partial charge is 0.408 e. The summed E-state index contributed by atoms with van der Waals surface area (Å²) in [6, 6.07) is 12.5. The van der Waals surface area contributed by atoms with Gasteiger partial charge in [-0.1, -0.05) is 30.3 Å². The minimum atomic E-state index is -0.847. The number of piperidine rings is 1. The second-order valence-corrected chi connectivity index (χ2v) is 11.0. The Labute approximate surface area is 212 Å². The Morgan fingerprint density at radius 2 is 1.81 bits per heavy atom. The fraction of sp³-hybridized carbons (Fsp3) is 0.500. The van der Waals surface area contributed by atoms with Gasteiger partial charge in [0.15, 0.2) is 5.65 Å². The lowest BCUT2D eigenvalue weighted by Crippen LogP contribution is -2.47. The molecule has 1 N–H and O–H groups in total. The number of ether oxygens (including phenoxy) is 1. The number of hydrogen-bond donors (Lipinski definition) is 1. The molecule has 1 aliphatic heterocycles. The van der Waals surface area contributed by atoms with E-state index in [9.17, 15) is 9.59 Å². The summed E-state index contributed by atoms with van der Waals surface area (Å²) in [7, 11) is 0. The molecule has 0 radical (unpaired) electrons. The Morgan fingerprint density at radius 1 is 1.06 bits per heavy atom. The summed E-state index contributed by atoms with van der Waals surface area (Å²) in [4.78, 5) is 33.5. The van der Waals surface area contributed by atoms with Crippen LogP contribution in [0.2, 0.25) is 0 Å². The Kier molecular flexibility index (Phi) is 6.45. The number of nitrogens with zero attached hydrogens (tertiary/aromatic N) is 4. The number of fused-ring (bicyclic) bond motifs is 1. The fourth-order valence-corrected chi connectivity index (χ4v) is 4.95. The molecule has 1 aromatic carbocycles. The summed E-state index contributed by atoms with van der Waals surface area (Å²) in [6.45, 7) is 8.08. The van der Waals surface area contributed by atoms with Crippen molar-refractivity contribution in [2.75, 3.05) is 6.54 Å². The number of rotatable bonds is 5. The number of aryl methyl sites for hydroxylation is 1. The zero-order valence-electron chi connectivity index (χ0n) is 21.5. The summed E-state index contributed by atoms with van der Waals surface area (Å²) >= 11 is 0. The van der Waals surface area contributed by atoms with E-state index in [0.29, 0.717) is 12.5 Å². The number of hydrogen-bond acceptors (Lipinski definition) is 5. The minimum absolute atomic E-state index is 0.155. The molecule has 2 aliphatic rings. The standard InChI is InChI=1S/C28H35N5O3/c1-18-16-21(19-13-14-19)29-24-17-22(31-33(18)24)23-12-8-9-15-32(23)26(34)25(20-10-6-5-7-11-20)30-27(35)36-28(2,3)4/h5-7,10-11,16-17,19,23,25H,8-9,12-15H2,1-4H3,(H,30,35)/t23-,25?/m0/s1. The lowest BCUT2D eigenvalue weighted by molar-refractivity contribution is -0.137. The number of carbonyl (C=O) groups is 2. The lowest BCUT2D eigenvalue weighted by atomic mass is 9.96. The van der Waals surface area contributed by atoms with Gasteiger partial charge >= 0.3 is 6.09 Å². The van der Waals surface area contributed by atoms with Crippen LogP contribution in [-0.4, -0.2) is 43.6 Å². The average Bonchev–Trinajstić information content (AvgIpc) is 3.60. The zero-order chi connectivity index (χ0) is 25.4. The minimum Gasteiger partial charge on any atom is -0.444 e. The topological polar surface area (TPSA) is 88.8 Å². The van der Waals surface area contributed by atoms with Gasteiger partial charge in [-0.25, -0.2) is 14.3 Å². The highest BCUT2D eigenvalue weighted by molar-refractivity contribution is 5.87. The van der Waals surface area contributed by atoms with Gasteiger partial charge in [-0.3, -0.25) is 4.79 Å². The molecule has 2 atom stereocenters. The van der Waals surface area contributed by atoms with Gasteiger partial charge in [-0.05, 0) is 71.4 Å². The Morgan fingerprint density at radius 3 is 2.50 bits per heavy atom. The maximum absolute atomic E-state index is 14.0. The molecule has 0 bridgehead atoms. The molecular weight excluding hydrogens is 454 g/mol. The number of carbonyl (C=O) groups excluding carboxylic acids is 2. The van der Waals surface area contributed by atoms with Gasteiger partial charge in [0.2, 0.25) is 5.91 Å². The lowest BCUT2D eigenvalue weighted by Gasteiger charge is -2.37. The summed E-state index contributed by atoms with van der Waals surface area (Å²) < 4.78 is 7.36. The molecule has 5 rings (SSSR count). The maximum Gasteiger partial charge on any atom is 0.408 e. The van der Waals surface area contributed by atoms with Crippen LogP contribution in [0.1, 0.15) is 93.5 Å². The average molecular weight is 490 g/mol. The first kappa shape index (κ1) is 24.3. The molecule has 3 heterocycles. The van der Waals surface area contributed by atoms with Gasteiger partial charge in [-0.2, -0.15) is 5.10 Å². The van der Waals surface area contributed by atoms with Crippen LogP contribution in [0.25, 0.3) is 5.65 Å². The molecule has 8 heteroatoms. The first-order valence-corrected chi connectivity index (χ1v) is 12.9. The molecular formula is C28H35N5O3. The summed E-state index contributed by atoms with van der Waals surface area (Å²) in [5, 5.41) is 7.71. The number of nitrogens with one attached hydrogen (secondary N) is 1. The van der Waals surface area contributed by atoms with Crippen LogP contribution in [0, 0.1) is 6.92 Å². The Balaban J connectivity index is 1.45. The van der Waals surface area contributed by atoms with Gasteiger partial charge in [0.1, 0.15) is 11.6 Å². The molecule has 2 aromatic heterocycles. The SMILES string of the molecule is Cc1cc(C2CC2)nc2cc([C@@H]3CCCCN3C(=O)C(NC(=O)OC(C)(C)C)c3ccccc3)nn12. The zero-order valence-corrected chi connectivity index (χ0v) is 21.5. The van der Waals surface area contributed by atoms with Crippen LogP contribution < -0.4 is 5.32 Å². The van der Waals surface area contributed by atoms with Crippen molar-refractivity contribution in [3.63, 3.8) is 0 Å². The largest absolute Gasteiger partial charge is 0.444 e. The molecule has 1 unspecified atom stereocenters. The summed E-state index contributed by atoms with van der Waals surface area (Å²) in [5.74, 6) is 0.405. The van der Waals surface area contributed by atoms with Gasteiger partial charge < -0.3 is 15.0 Å². The third-order valence-electron chi connectivity index (χ3n) is 6.81. The Hall–Kier alpha value is -3.42. The molecule has 1 saturated carbocycles. The molecule has 0 spiro atoms. The normalized spacial score (nSPS) is 19.2. The van der Waals surface area contributed by atoms with E-state index in [2.05, 4.69) is 18.3 Å². The second-order valence-electron chi connectivity index (χ2n) is 11.0. The van der Waals surface area contributed by atoms with Crippen LogP contribution in [-0.2, 0) is 9.53 Å². The maximum atomic E-state index is 14.0. The van der Waals surface area contributed by atoms with E-state index in [1.165, 1.54) is 12.8 Å². The number of aromatic nitrogens is 3. The van der Waals surface area contributed by atoms with E-state index in [4.69, 9.17) is 14.8 Å². The molecule has 1 saturated heterocycles. The molecule has 3 aromatic rings. The monoisotopic (exact) mass is 489 g/mol. The predicted molar refractivity (Wildman–Crippen MR) is 137 cm³/mol. The van der Waals surface area contributed by atoms with E-state index in [1.54, 1.807) is 20.8 Å². The van der Waals surface area contributed by atoms with Gasteiger partial charge in [0, 0.05) is 29.9 Å². The van der Waals surface area contributed by atoms with Crippen LogP contribution in [0.3, 0.4) is 0 Å². The molecule has 2 fully saturated rings. The third kappa shape index (κ3) is 5.22. The number of alkyl carbamates (subject to hydrolysis) is 1. The van der Waals surface area contributed by atoms with Crippen molar-refractivity contribution in [1.82, 2.24) is 24.8 Å². The van der Waals surface area contributed by atoms with Gasteiger partial charge in [-0.15, -0.1) is 0 Å². The molecule has 190 valence electrons. The highest BCUT2D eigenvalue weighted by Gasteiger charge is 2.36. The van der Waals surface area contributed by atoms with Crippen molar-refractivity contribution in [3.8, 4) is 0 Å². The Bertz CT molecular complexity index is 1260. The van der Waals surface area contributed by atoms with Crippen molar-refractivity contribution < 1.29 is 14.3 Å². The van der Waals surface area contributed by atoms with Crippen molar-refractivity contribution in [3.05, 3.63) is 65.1 Å². The van der Waals surface area contributed by atoms with E-state index >= 15 is 0 Å². The van der Waals surface area contributed by atoms with Crippen LogP contribution in [0.15, 0.2) is 42.5 Å². The fourth-order valence-electron chi connectivity index (χ4n) is 4.95. The molecule has 8 nitrogen and oxygen atoms in total. The van der Waals surface area contributed by atoms with Crippen LogP contribution >= 0.6 is 0 Å². The van der Waals surface area contributed by atoms with Crippen molar-refractivity contribution >= 4 is 17.6 Å². The van der Waals surface area contributed by atoms with Crippen molar-refractivity contribution in [2.45, 2.75) is 83.4 Å². The van der Waals surface area contributed by atoms with E-state index in [1.807, 2.05) is 45.8 Å².